The lowest BCUT2D eigenvalue weighted by atomic mass is 10.1. The first-order valence-corrected chi connectivity index (χ1v) is 11.5. The summed E-state index contributed by atoms with van der Waals surface area (Å²) >= 11 is 1.53. The van der Waals surface area contributed by atoms with Gasteiger partial charge in [-0.05, 0) is 56.0 Å². The first-order valence-electron chi connectivity index (χ1n) is 10.7. The fourth-order valence-corrected chi connectivity index (χ4v) is 4.40. The van der Waals surface area contributed by atoms with Gasteiger partial charge in [0.25, 0.3) is 5.91 Å². The van der Waals surface area contributed by atoms with Crippen LogP contribution in [-0.2, 0) is 17.8 Å². The Kier molecular flexibility index (Phi) is 6.89. The van der Waals surface area contributed by atoms with E-state index in [9.17, 15) is 4.79 Å². The number of likely N-dealkylation sites (tertiary alicyclic amines) is 1. The number of hydrogen-bond donors (Lipinski definition) is 1. The largest absolute Gasteiger partial charge is 0.377 e. The average Bonchev–Trinajstić information content (AvgIpc) is 3.47. The van der Waals surface area contributed by atoms with Crippen molar-refractivity contribution in [3.63, 3.8) is 0 Å². The van der Waals surface area contributed by atoms with Gasteiger partial charge in [0.05, 0.1) is 18.3 Å². The van der Waals surface area contributed by atoms with Crippen LogP contribution in [0.4, 0.5) is 10.9 Å². The molecule has 31 heavy (non-hydrogen) atoms. The molecular weight excluding hydrogens is 410 g/mol. The summed E-state index contributed by atoms with van der Waals surface area (Å²) in [6.45, 7) is 6.01. The number of amides is 1. The van der Waals surface area contributed by atoms with Gasteiger partial charge in [-0.15, -0.1) is 10.2 Å². The fraction of sp³-hybridized carbons (Fsp3) is 0.391. The number of pyridine rings is 1. The molecule has 1 saturated heterocycles. The van der Waals surface area contributed by atoms with Crippen molar-refractivity contribution in [2.24, 2.45) is 0 Å². The van der Waals surface area contributed by atoms with Crippen LogP contribution in [-0.4, -0.2) is 39.1 Å². The molecule has 1 aliphatic rings. The molecule has 1 fully saturated rings. The molecule has 7 nitrogen and oxygen atoms in total. The number of aryl methyl sites for hydroxylation is 1. The fourth-order valence-electron chi connectivity index (χ4n) is 3.71. The highest BCUT2D eigenvalue weighted by Gasteiger charge is 2.31. The third-order valence-corrected chi connectivity index (χ3v) is 6.29. The van der Waals surface area contributed by atoms with E-state index in [-0.39, 0.29) is 11.9 Å². The Hall–Kier alpha value is -2.84. The van der Waals surface area contributed by atoms with Crippen LogP contribution in [0.5, 0.6) is 0 Å². The number of nitrogens with one attached hydrogen (secondary N) is 1. The van der Waals surface area contributed by atoms with Crippen LogP contribution >= 0.6 is 11.3 Å². The van der Waals surface area contributed by atoms with E-state index in [0.29, 0.717) is 18.8 Å². The SMILES string of the molecule is CCOCc1ccc(C(=O)N2CCC[C@H]2c2cccc(Nc3nnc(CC)s3)n2)cc1. The summed E-state index contributed by atoms with van der Waals surface area (Å²) in [7, 11) is 0. The number of hydrogen-bond acceptors (Lipinski definition) is 7. The number of ether oxygens (including phenoxy) is 1. The minimum absolute atomic E-state index is 0.0297. The maximum Gasteiger partial charge on any atom is 0.254 e. The van der Waals surface area contributed by atoms with E-state index in [0.717, 1.165) is 53.0 Å². The Labute approximate surface area is 186 Å². The highest BCUT2D eigenvalue weighted by atomic mass is 32.1. The smallest absolute Gasteiger partial charge is 0.254 e. The number of anilines is 2. The molecule has 0 spiro atoms. The summed E-state index contributed by atoms with van der Waals surface area (Å²) in [6, 6.07) is 13.5. The van der Waals surface area contributed by atoms with Gasteiger partial charge in [0.1, 0.15) is 10.8 Å². The molecule has 1 N–H and O–H groups in total. The maximum atomic E-state index is 13.2. The molecule has 3 heterocycles. The van der Waals surface area contributed by atoms with E-state index in [1.165, 1.54) is 11.3 Å². The number of carbonyl (C=O) groups excluding carboxylic acids is 1. The molecule has 1 amide bonds. The molecule has 4 rings (SSSR count). The van der Waals surface area contributed by atoms with Gasteiger partial charge in [0.15, 0.2) is 0 Å². The molecule has 8 heteroatoms. The van der Waals surface area contributed by atoms with Gasteiger partial charge in [-0.25, -0.2) is 4.98 Å². The van der Waals surface area contributed by atoms with Crippen LogP contribution in [0, 0.1) is 0 Å². The van der Waals surface area contributed by atoms with Crippen molar-refractivity contribution in [3.8, 4) is 0 Å². The third-order valence-electron chi connectivity index (χ3n) is 5.30. The van der Waals surface area contributed by atoms with Crippen LogP contribution < -0.4 is 5.32 Å². The zero-order chi connectivity index (χ0) is 21.6. The predicted octanol–water partition coefficient (Wildman–Crippen LogP) is 4.75. The van der Waals surface area contributed by atoms with E-state index >= 15 is 0 Å². The van der Waals surface area contributed by atoms with E-state index in [4.69, 9.17) is 9.72 Å². The van der Waals surface area contributed by atoms with E-state index in [1.807, 2.05) is 54.3 Å². The number of aromatic nitrogens is 3. The van der Waals surface area contributed by atoms with E-state index < -0.39 is 0 Å². The number of benzene rings is 1. The summed E-state index contributed by atoms with van der Waals surface area (Å²) in [4.78, 5) is 19.9. The molecule has 162 valence electrons. The minimum atomic E-state index is -0.0297. The molecule has 2 aromatic heterocycles. The van der Waals surface area contributed by atoms with E-state index in [1.54, 1.807) is 0 Å². The normalized spacial score (nSPS) is 15.9. The van der Waals surface area contributed by atoms with Gasteiger partial charge in [0, 0.05) is 18.7 Å². The van der Waals surface area contributed by atoms with Gasteiger partial charge < -0.3 is 15.0 Å². The summed E-state index contributed by atoms with van der Waals surface area (Å²) in [5.74, 6) is 0.762. The van der Waals surface area contributed by atoms with Crippen molar-refractivity contribution in [2.45, 2.75) is 45.8 Å². The third kappa shape index (κ3) is 5.08. The van der Waals surface area contributed by atoms with Crippen molar-refractivity contribution >= 4 is 28.2 Å². The Balaban J connectivity index is 1.48. The first-order chi connectivity index (χ1) is 15.2. The lowest BCUT2D eigenvalue weighted by Gasteiger charge is -2.25. The maximum absolute atomic E-state index is 13.2. The summed E-state index contributed by atoms with van der Waals surface area (Å²) in [5.41, 5.74) is 2.66. The predicted molar refractivity (Wildman–Crippen MR) is 122 cm³/mol. The summed E-state index contributed by atoms with van der Waals surface area (Å²) in [5, 5.41) is 13.3. The van der Waals surface area contributed by atoms with Crippen LogP contribution in [0.2, 0.25) is 0 Å². The van der Waals surface area contributed by atoms with Crippen LogP contribution in [0.3, 0.4) is 0 Å². The molecule has 1 aliphatic heterocycles. The van der Waals surface area contributed by atoms with Crippen molar-refractivity contribution in [1.82, 2.24) is 20.1 Å². The quantitative estimate of drug-likeness (QED) is 0.548. The molecule has 3 aromatic rings. The van der Waals surface area contributed by atoms with Gasteiger partial charge in [0.2, 0.25) is 5.13 Å². The van der Waals surface area contributed by atoms with Crippen molar-refractivity contribution in [2.75, 3.05) is 18.5 Å². The lowest BCUT2D eigenvalue weighted by Crippen LogP contribution is -2.31. The van der Waals surface area contributed by atoms with Gasteiger partial charge in [-0.2, -0.15) is 0 Å². The lowest BCUT2D eigenvalue weighted by molar-refractivity contribution is 0.0733. The Morgan fingerprint density at radius 1 is 1.19 bits per heavy atom. The van der Waals surface area contributed by atoms with Gasteiger partial charge >= 0.3 is 0 Å². The van der Waals surface area contributed by atoms with Crippen molar-refractivity contribution in [1.29, 1.82) is 0 Å². The van der Waals surface area contributed by atoms with Crippen molar-refractivity contribution < 1.29 is 9.53 Å². The van der Waals surface area contributed by atoms with E-state index in [2.05, 4.69) is 22.4 Å². The summed E-state index contributed by atoms with van der Waals surface area (Å²) in [6.07, 6.45) is 2.73. The minimum Gasteiger partial charge on any atom is -0.377 e. The first kappa shape index (κ1) is 21.4. The summed E-state index contributed by atoms with van der Waals surface area (Å²) < 4.78 is 5.44. The molecule has 0 aliphatic carbocycles. The molecule has 1 aromatic carbocycles. The number of nitrogens with zero attached hydrogens (tertiary/aromatic N) is 4. The Morgan fingerprint density at radius 2 is 2.03 bits per heavy atom. The highest BCUT2D eigenvalue weighted by molar-refractivity contribution is 7.15. The number of carbonyl (C=O) groups is 1. The van der Waals surface area contributed by atoms with Gasteiger partial charge in [-0.1, -0.05) is 36.5 Å². The highest BCUT2D eigenvalue weighted by Crippen LogP contribution is 2.33. The molecular formula is C23H27N5O2S. The van der Waals surface area contributed by atoms with Crippen LogP contribution in [0.15, 0.2) is 42.5 Å². The molecule has 0 bridgehead atoms. The molecule has 0 saturated carbocycles. The Morgan fingerprint density at radius 3 is 2.77 bits per heavy atom. The second kappa shape index (κ2) is 9.98. The zero-order valence-electron chi connectivity index (χ0n) is 17.9. The molecule has 1 atom stereocenters. The zero-order valence-corrected chi connectivity index (χ0v) is 18.7. The van der Waals surface area contributed by atoms with Crippen LogP contribution in [0.25, 0.3) is 0 Å². The van der Waals surface area contributed by atoms with Gasteiger partial charge in [-0.3, -0.25) is 4.79 Å². The second-order valence-electron chi connectivity index (χ2n) is 7.42. The average molecular weight is 438 g/mol. The van der Waals surface area contributed by atoms with Crippen molar-refractivity contribution in [3.05, 3.63) is 64.3 Å². The topological polar surface area (TPSA) is 80.2 Å². The monoisotopic (exact) mass is 437 g/mol. The van der Waals surface area contributed by atoms with Crippen LogP contribution in [0.1, 0.15) is 59.4 Å². The number of rotatable bonds is 8. The molecule has 0 radical (unpaired) electrons. The standard InChI is InChI=1S/C23H27N5O2S/c1-3-21-26-27-23(31-21)25-20-9-5-7-18(24-20)19-8-6-14-28(19)22(29)17-12-10-16(11-13-17)15-30-4-2/h5,7,9-13,19H,3-4,6,8,14-15H2,1-2H3,(H,24,25,27)/t19-/m0/s1. The molecule has 0 unspecified atom stereocenters. The Bertz CT molecular complexity index is 1020. The second-order valence-corrected chi connectivity index (χ2v) is 8.48.